The molecule has 3 N–H and O–H groups in total. The number of aliphatic carboxylic acids is 1. The number of aromatic nitrogens is 2. The number of carboxylic acids is 1. The van der Waals surface area contributed by atoms with Gasteiger partial charge in [-0.3, -0.25) is 4.79 Å². The number of hydrogen-bond acceptors (Lipinski definition) is 6. The highest BCUT2D eigenvalue weighted by Crippen LogP contribution is 2.00. The molecule has 100 valence electrons. The molecule has 8 nitrogen and oxygen atoms in total. The van der Waals surface area contributed by atoms with E-state index in [1.54, 1.807) is 6.92 Å². The highest BCUT2D eigenvalue weighted by molar-refractivity contribution is 5.76. The fourth-order valence-electron chi connectivity index (χ4n) is 1.22. The van der Waals surface area contributed by atoms with Crippen LogP contribution >= 0.6 is 0 Å². The monoisotopic (exact) mass is 257 g/mol. The molecule has 1 heterocycles. The van der Waals surface area contributed by atoms with E-state index in [9.17, 15) is 9.59 Å². The van der Waals surface area contributed by atoms with Gasteiger partial charge in [0.25, 0.3) is 0 Å². The molecule has 0 bridgehead atoms. The fraction of sp³-hybridized carbons (Fsp3) is 0.600. The number of hydrogen-bond donors (Lipinski definition) is 3. The van der Waals surface area contributed by atoms with Crippen LogP contribution in [0.3, 0.4) is 0 Å². The molecule has 0 aliphatic carbocycles. The minimum atomic E-state index is -1.45. The number of aliphatic hydroxyl groups is 1. The summed E-state index contributed by atoms with van der Waals surface area (Å²) in [5, 5.41) is 23.5. The van der Waals surface area contributed by atoms with E-state index in [-0.39, 0.29) is 25.3 Å². The first-order valence-electron chi connectivity index (χ1n) is 5.46. The van der Waals surface area contributed by atoms with E-state index >= 15 is 0 Å². The zero-order valence-electron chi connectivity index (χ0n) is 9.92. The smallest absolute Gasteiger partial charge is 0.332 e. The third kappa shape index (κ3) is 4.91. The van der Waals surface area contributed by atoms with E-state index in [1.807, 2.05) is 0 Å². The van der Waals surface area contributed by atoms with Crippen molar-refractivity contribution in [3.63, 3.8) is 0 Å². The van der Waals surface area contributed by atoms with Gasteiger partial charge in [0.2, 0.25) is 11.8 Å². The normalized spacial score (nSPS) is 12.1. The summed E-state index contributed by atoms with van der Waals surface area (Å²) in [7, 11) is 0. The second kappa shape index (κ2) is 6.70. The van der Waals surface area contributed by atoms with Crippen LogP contribution in [0.4, 0.5) is 0 Å². The van der Waals surface area contributed by atoms with Gasteiger partial charge in [0, 0.05) is 25.8 Å². The second-order valence-electron chi connectivity index (χ2n) is 3.73. The van der Waals surface area contributed by atoms with Crippen LogP contribution in [0.1, 0.15) is 24.6 Å². The summed E-state index contributed by atoms with van der Waals surface area (Å²) in [5.41, 5.74) is 0. The van der Waals surface area contributed by atoms with E-state index in [0.29, 0.717) is 18.1 Å². The Balaban J connectivity index is 2.16. The van der Waals surface area contributed by atoms with Gasteiger partial charge in [0.05, 0.1) is 0 Å². The number of aryl methyl sites for hydroxylation is 2. The van der Waals surface area contributed by atoms with Gasteiger partial charge in [-0.1, -0.05) is 5.16 Å². The maximum atomic E-state index is 11.3. The Labute approximate surface area is 103 Å². The number of carbonyl (C=O) groups excluding carboxylic acids is 1. The molecule has 0 saturated heterocycles. The van der Waals surface area contributed by atoms with Crippen LogP contribution in [0.15, 0.2) is 4.52 Å². The number of carbonyl (C=O) groups is 2. The quantitative estimate of drug-likeness (QED) is 0.587. The number of aliphatic hydroxyl groups excluding tert-OH is 1. The molecular weight excluding hydrogens is 242 g/mol. The maximum absolute atomic E-state index is 11.3. The highest BCUT2D eigenvalue weighted by Gasteiger charge is 2.13. The van der Waals surface area contributed by atoms with Gasteiger partial charge < -0.3 is 20.1 Å². The van der Waals surface area contributed by atoms with Crippen molar-refractivity contribution in [2.24, 2.45) is 0 Å². The van der Waals surface area contributed by atoms with Gasteiger partial charge in [-0.15, -0.1) is 0 Å². The van der Waals surface area contributed by atoms with Crippen LogP contribution in [-0.4, -0.2) is 44.9 Å². The lowest BCUT2D eigenvalue weighted by molar-refractivity contribution is -0.147. The van der Waals surface area contributed by atoms with Gasteiger partial charge in [0.1, 0.15) is 0 Å². The largest absolute Gasteiger partial charge is 0.479 e. The van der Waals surface area contributed by atoms with Crippen LogP contribution < -0.4 is 5.32 Å². The molecule has 18 heavy (non-hydrogen) atoms. The predicted molar refractivity (Wildman–Crippen MR) is 58.6 cm³/mol. The molecule has 0 spiro atoms. The SMILES string of the molecule is Cc1noc(CCC(=O)NCC[C@H](O)C(=O)O)n1. The fourth-order valence-corrected chi connectivity index (χ4v) is 1.22. The first-order valence-corrected chi connectivity index (χ1v) is 5.46. The Kier molecular flexibility index (Phi) is 5.25. The van der Waals surface area contributed by atoms with E-state index in [2.05, 4.69) is 15.5 Å². The summed E-state index contributed by atoms with van der Waals surface area (Å²) in [6.45, 7) is 1.79. The van der Waals surface area contributed by atoms with E-state index < -0.39 is 12.1 Å². The van der Waals surface area contributed by atoms with E-state index in [1.165, 1.54) is 0 Å². The molecule has 0 fully saturated rings. The van der Waals surface area contributed by atoms with Crippen molar-refractivity contribution in [1.82, 2.24) is 15.5 Å². The zero-order chi connectivity index (χ0) is 13.5. The highest BCUT2D eigenvalue weighted by atomic mass is 16.5. The number of carboxylic acid groups (broad SMARTS) is 1. The van der Waals surface area contributed by atoms with E-state index in [0.717, 1.165) is 0 Å². The minimum Gasteiger partial charge on any atom is -0.479 e. The van der Waals surface area contributed by atoms with Crippen molar-refractivity contribution < 1.29 is 24.3 Å². The van der Waals surface area contributed by atoms with Gasteiger partial charge in [-0.05, 0) is 6.92 Å². The molecule has 1 aromatic heterocycles. The van der Waals surface area contributed by atoms with Gasteiger partial charge in [-0.2, -0.15) is 4.98 Å². The Morgan fingerprint density at radius 1 is 1.50 bits per heavy atom. The summed E-state index contributed by atoms with van der Waals surface area (Å²) in [4.78, 5) is 25.6. The number of rotatable bonds is 7. The van der Waals surface area contributed by atoms with Crippen LogP contribution in [-0.2, 0) is 16.0 Å². The summed E-state index contributed by atoms with van der Waals surface area (Å²) in [5.74, 6) is -0.669. The maximum Gasteiger partial charge on any atom is 0.332 e. The van der Waals surface area contributed by atoms with E-state index in [4.69, 9.17) is 14.7 Å². The molecule has 0 aliphatic heterocycles. The lowest BCUT2D eigenvalue weighted by atomic mass is 10.2. The lowest BCUT2D eigenvalue weighted by Crippen LogP contribution is -2.30. The molecular formula is C10H15N3O5. The summed E-state index contributed by atoms with van der Waals surface area (Å²) in [6, 6.07) is 0. The third-order valence-corrected chi connectivity index (χ3v) is 2.16. The third-order valence-electron chi connectivity index (χ3n) is 2.16. The van der Waals surface area contributed by atoms with Crippen molar-refractivity contribution >= 4 is 11.9 Å². The topological polar surface area (TPSA) is 126 Å². The number of nitrogens with zero attached hydrogens (tertiary/aromatic N) is 2. The standard InChI is InChI=1S/C10H15N3O5/c1-6-12-9(18-13-6)3-2-8(15)11-5-4-7(14)10(16)17/h7,14H,2-5H2,1H3,(H,11,15)(H,16,17)/t7-/m0/s1. The molecule has 0 unspecified atom stereocenters. The average Bonchev–Trinajstić information content (AvgIpc) is 2.72. The second-order valence-corrected chi connectivity index (χ2v) is 3.73. The predicted octanol–water partition coefficient (Wildman–Crippen LogP) is -0.738. The van der Waals surface area contributed by atoms with Crippen LogP contribution in [0.25, 0.3) is 0 Å². The van der Waals surface area contributed by atoms with Crippen molar-refractivity contribution in [2.75, 3.05) is 6.54 Å². The van der Waals surface area contributed by atoms with Crippen molar-refractivity contribution in [2.45, 2.75) is 32.3 Å². The average molecular weight is 257 g/mol. The molecule has 1 rings (SSSR count). The Hall–Kier alpha value is -1.96. The van der Waals surface area contributed by atoms with Gasteiger partial charge in [-0.25, -0.2) is 4.79 Å². The molecule has 1 atom stereocenters. The zero-order valence-corrected chi connectivity index (χ0v) is 9.92. The molecule has 0 radical (unpaired) electrons. The first-order chi connectivity index (χ1) is 8.49. The van der Waals surface area contributed by atoms with Crippen LogP contribution in [0.5, 0.6) is 0 Å². The summed E-state index contributed by atoms with van der Waals surface area (Å²) < 4.78 is 4.83. The van der Waals surface area contributed by atoms with Crippen molar-refractivity contribution in [3.05, 3.63) is 11.7 Å². The Morgan fingerprint density at radius 3 is 2.78 bits per heavy atom. The molecule has 0 aromatic carbocycles. The molecule has 1 aromatic rings. The Morgan fingerprint density at radius 2 is 2.22 bits per heavy atom. The lowest BCUT2D eigenvalue weighted by Gasteiger charge is -2.06. The first kappa shape index (κ1) is 14.1. The molecule has 0 saturated carbocycles. The Bertz CT molecular complexity index is 417. The molecule has 8 heteroatoms. The molecule has 0 aliphatic rings. The number of nitrogens with one attached hydrogen (secondary N) is 1. The van der Waals surface area contributed by atoms with Gasteiger partial charge in [0.15, 0.2) is 11.9 Å². The van der Waals surface area contributed by atoms with Crippen LogP contribution in [0, 0.1) is 6.92 Å². The van der Waals surface area contributed by atoms with Crippen LogP contribution in [0.2, 0.25) is 0 Å². The van der Waals surface area contributed by atoms with Crippen molar-refractivity contribution in [1.29, 1.82) is 0 Å². The minimum absolute atomic E-state index is 0.0270. The summed E-state index contributed by atoms with van der Waals surface area (Å²) in [6.07, 6.45) is -0.983. The molecule has 1 amide bonds. The number of amides is 1. The van der Waals surface area contributed by atoms with Crippen molar-refractivity contribution in [3.8, 4) is 0 Å². The summed E-state index contributed by atoms with van der Waals surface area (Å²) >= 11 is 0. The van der Waals surface area contributed by atoms with Gasteiger partial charge >= 0.3 is 5.97 Å².